The Morgan fingerprint density at radius 2 is 2.04 bits per heavy atom. The number of carboxylic acid groups (broad SMARTS) is 1. The van der Waals surface area contributed by atoms with Crippen LogP contribution in [0.2, 0.25) is 5.02 Å². The number of aryl methyl sites for hydroxylation is 1. The van der Waals surface area contributed by atoms with Crippen LogP contribution in [0.3, 0.4) is 0 Å². The van der Waals surface area contributed by atoms with Crippen molar-refractivity contribution in [1.29, 1.82) is 0 Å². The summed E-state index contributed by atoms with van der Waals surface area (Å²) in [7, 11) is 0. The largest absolute Gasteiger partial charge is 0.476 e. The van der Waals surface area contributed by atoms with Crippen molar-refractivity contribution >= 4 is 17.6 Å². The van der Waals surface area contributed by atoms with Crippen LogP contribution >= 0.6 is 11.6 Å². The first-order chi connectivity index (χ1) is 13.0. The van der Waals surface area contributed by atoms with Gasteiger partial charge in [-0.05, 0) is 6.92 Å². The molecule has 2 aromatic rings. The summed E-state index contributed by atoms with van der Waals surface area (Å²) in [6.45, 7) is -0.585. The first-order valence-electron chi connectivity index (χ1n) is 7.96. The van der Waals surface area contributed by atoms with Crippen LogP contribution in [-0.2, 0) is 13.0 Å². The molecule has 0 bridgehead atoms. The van der Waals surface area contributed by atoms with E-state index >= 15 is 0 Å². The summed E-state index contributed by atoms with van der Waals surface area (Å²) >= 11 is 6.05. The third-order valence-electron chi connectivity index (χ3n) is 3.86. The molecule has 0 amide bonds. The summed E-state index contributed by atoms with van der Waals surface area (Å²) in [6, 6.07) is 0.952. The van der Waals surface area contributed by atoms with Gasteiger partial charge in [-0.25, -0.2) is 4.79 Å². The molecule has 0 unspecified atom stereocenters. The van der Waals surface area contributed by atoms with Crippen molar-refractivity contribution in [3.63, 3.8) is 0 Å². The monoisotopic (exact) mass is 427 g/mol. The molecule has 0 saturated heterocycles. The Morgan fingerprint density at radius 1 is 1.39 bits per heavy atom. The number of nitrogens with zero attached hydrogens (tertiary/aromatic N) is 3. The number of carboxylic acids is 1. The molecule has 2 aromatic heterocycles. The van der Waals surface area contributed by atoms with Crippen molar-refractivity contribution in [3.05, 3.63) is 28.7 Å². The van der Waals surface area contributed by atoms with Crippen LogP contribution in [0.4, 0.5) is 22.0 Å². The summed E-state index contributed by atoms with van der Waals surface area (Å²) in [5.41, 5.74) is -0.784. The number of hydrogen-bond acceptors (Lipinski definition) is 4. The Balaban J connectivity index is 2.57. The van der Waals surface area contributed by atoms with Gasteiger partial charge in [0.1, 0.15) is 10.8 Å². The van der Waals surface area contributed by atoms with E-state index in [2.05, 4.69) is 14.8 Å². The predicted molar refractivity (Wildman–Crippen MR) is 88.7 cm³/mol. The van der Waals surface area contributed by atoms with Crippen LogP contribution in [0.15, 0.2) is 12.3 Å². The molecule has 0 aliphatic heterocycles. The average molecular weight is 428 g/mol. The molecule has 0 aromatic carbocycles. The second-order valence-electron chi connectivity index (χ2n) is 5.83. The molecule has 12 heteroatoms. The Hall–Kier alpha value is -2.43. The maximum absolute atomic E-state index is 12.8. The summed E-state index contributed by atoms with van der Waals surface area (Å²) in [5.74, 6) is -3.67. The fraction of sp³-hybridized carbons (Fsp3) is 0.438. The van der Waals surface area contributed by atoms with Crippen LogP contribution in [0.25, 0.3) is 11.3 Å². The fourth-order valence-electron chi connectivity index (χ4n) is 2.45. The van der Waals surface area contributed by atoms with Gasteiger partial charge in [-0.1, -0.05) is 18.5 Å². The number of alkyl halides is 5. The number of aromatic nitrogens is 3. The Kier molecular flexibility index (Phi) is 6.48. The van der Waals surface area contributed by atoms with Crippen molar-refractivity contribution in [2.75, 3.05) is 0 Å². The fourth-order valence-corrected chi connectivity index (χ4v) is 2.77. The molecule has 6 nitrogen and oxygen atoms in total. The minimum atomic E-state index is -4.48. The number of rotatable bonds is 7. The molecule has 0 saturated carbocycles. The van der Waals surface area contributed by atoms with Crippen LogP contribution in [0.1, 0.15) is 30.0 Å². The van der Waals surface area contributed by atoms with E-state index in [-0.39, 0.29) is 28.5 Å². The van der Waals surface area contributed by atoms with Crippen molar-refractivity contribution in [1.82, 2.24) is 14.8 Å². The molecule has 1 atom stereocenters. The van der Waals surface area contributed by atoms with Gasteiger partial charge in [0.2, 0.25) is 0 Å². The van der Waals surface area contributed by atoms with E-state index < -0.39 is 42.5 Å². The lowest BCUT2D eigenvalue weighted by molar-refractivity contribution is -0.169. The summed E-state index contributed by atoms with van der Waals surface area (Å²) in [4.78, 5) is 15.1. The first-order valence-corrected chi connectivity index (χ1v) is 8.33. The third kappa shape index (κ3) is 4.70. The first kappa shape index (κ1) is 21.9. The van der Waals surface area contributed by atoms with E-state index in [1.165, 1.54) is 0 Å². The van der Waals surface area contributed by atoms with E-state index in [1.54, 1.807) is 6.92 Å². The van der Waals surface area contributed by atoms with E-state index in [1.807, 2.05) is 0 Å². The Labute approximate surface area is 160 Å². The highest BCUT2D eigenvalue weighted by Gasteiger charge is 2.36. The predicted octanol–water partition coefficient (Wildman–Crippen LogP) is 4.66. The van der Waals surface area contributed by atoms with Gasteiger partial charge >= 0.3 is 18.8 Å². The molecule has 0 aliphatic carbocycles. The van der Waals surface area contributed by atoms with Gasteiger partial charge < -0.3 is 9.84 Å². The second-order valence-corrected chi connectivity index (χ2v) is 6.21. The van der Waals surface area contributed by atoms with Crippen LogP contribution in [0, 0.1) is 5.92 Å². The van der Waals surface area contributed by atoms with Gasteiger partial charge in [0.25, 0.3) is 0 Å². The zero-order valence-electron chi connectivity index (χ0n) is 14.6. The van der Waals surface area contributed by atoms with E-state index in [0.29, 0.717) is 0 Å². The number of aromatic carboxylic acids is 1. The highest BCUT2D eigenvalue weighted by Crippen LogP contribution is 2.38. The van der Waals surface area contributed by atoms with Gasteiger partial charge in [-0.3, -0.25) is 9.67 Å². The highest BCUT2D eigenvalue weighted by atomic mass is 35.5. The molecule has 2 heterocycles. The number of pyridine rings is 1. The Morgan fingerprint density at radius 3 is 2.54 bits per heavy atom. The number of hydrogen-bond donors (Lipinski definition) is 1. The molecular weight excluding hydrogens is 413 g/mol. The lowest BCUT2D eigenvalue weighted by Crippen LogP contribution is -2.22. The average Bonchev–Trinajstić information content (AvgIpc) is 2.90. The van der Waals surface area contributed by atoms with Gasteiger partial charge in [-0.15, -0.1) is 0 Å². The lowest BCUT2D eigenvalue weighted by Gasteiger charge is -2.17. The van der Waals surface area contributed by atoms with Gasteiger partial charge in [0, 0.05) is 30.9 Å². The zero-order chi connectivity index (χ0) is 21.2. The van der Waals surface area contributed by atoms with Crippen molar-refractivity contribution in [3.8, 4) is 17.0 Å². The highest BCUT2D eigenvalue weighted by molar-refractivity contribution is 6.35. The molecule has 0 spiro atoms. The number of halogens is 6. The third-order valence-corrected chi connectivity index (χ3v) is 4.22. The van der Waals surface area contributed by atoms with E-state index in [9.17, 15) is 26.7 Å². The standard InChI is InChI=1S/C16H15ClF5N3O3/c1-3-25-13(11(17)12(24-25)14(26)27)9-6-23-8(4-7(2)16(20,21)22)5-10(9)28-15(18)19/h5-7,15H,3-4H2,1-2H3,(H,26,27)/t7-/m0/s1. The SMILES string of the molecule is CCn1nc(C(=O)O)c(Cl)c1-c1cnc(C[C@H](C)C(F)(F)F)cc1OC(F)F. The summed E-state index contributed by atoms with van der Waals surface area (Å²) in [6.07, 6.45) is -4.02. The maximum Gasteiger partial charge on any atom is 0.391 e. The van der Waals surface area contributed by atoms with Crippen molar-refractivity contribution < 1.29 is 36.6 Å². The van der Waals surface area contributed by atoms with Crippen LogP contribution < -0.4 is 4.74 Å². The Bertz CT molecular complexity index is 870. The minimum absolute atomic E-state index is 0.0415. The number of carbonyl (C=O) groups is 1. The quantitative estimate of drug-likeness (QED) is 0.650. The molecule has 154 valence electrons. The normalized spacial score (nSPS) is 13.0. The van der Waals surface area contributed by atoms with E-state index in [4.69, 9.17) is 16.7 Å². The molecule has 1 N–H and O–H groups in total. The summed E-state index contributed by atoms with van der Waals surface area (Å²) in [5, 5.41) is 12.6. The smallest absolute Gasteiger partial charge is 0.391 e. The lowest BCUT2D eigenvalue weighted by atomic mass is 10.0. The summed E-state index contributed by atoms with van der Waals surface area (Å²) < 4.78 is 69.5. The van der Waals surface area contributed by atoms with Gasteiger partial charge in [-0.2, -0.15) is 27.1 Å². The van der Waals surface area contributed by atoms with Crippen molar-refractivity contribution in [2.45, 2.75) is 39.6 Å². The minimum Gasteiger partial charge on any atom is -0.476 e. The van der Waals surface area contributed by atoms with Gasteiger partial charge in [0.05, 0.1) is 17.2 Å². The van der Waals surface area contributed by atoms with Gasteiger partial charge in [0.15, 0.2) is 5.69 Å². The molecule has 0 fully saturated rings. The van der Waals surface area contributed by atoms with E-state index in [0.717, 1.165) is 23.9 Å². The van der Waals surface area contributed by atoms with Crippen LogP contribution in [0.5, 0.6) is 5.75 Å². The van der Waals surface area contributed by atoms with Crippen LogP contribution in [-0.4, -0.2) is 38.6 Å². The molecule has 28 heavy (non-hydrogen) atoms. The second kappa shape index (κ2) is 8.29. The van der Waals surface area contributed by atoms with Crippen molar-refractivity contribution in [2.24, 2.45) is 5.92 Å². The molecular formula is C16H15ClF5N3O3. The number of ether oxygens (including phenoxy) is 1. The molecule has 0 radical (unpaired) electrons. The maximum atomic E-state index is 12.8. The molecule has 2 rings (SSSR count). The zero-order valence-corrected chi connectivity index (χ0v) is 15.4. The topological polar surface area (TPSA) is 77.2 Å². The molecule has 0 aliphatic rings.